The molecule has 0 radical (unpaired) electrons. The average molecular weight is 424 g/mol. The Morgan fingerprint density at radius 3 is 2.43 bits per heavy atom. The normalized spacial score (nSPS) is 12.9. The highest BCUT2D eigenvalue weighted by molar-refractivity contribution is 6.30. The minimum Gasteiger partial charge on any atom is -0.482 e. The molecular formula is C23H26ClN5O. The van der Waals surface area contributed by atoms with Gasteiger partial charge in [-0.3, -0.25) is 4.57 Å². The zero-order valence-electron chi connectivity index (χ0n) is 18.1. The maximum absolute atomic E-state index is 9.17. The summed E-state index contributed by atoms with van der Waals surface area (Å²) in [5.41, 5.74) is 3.65. The van der Waals surface area contributed by atoms with Crippen LogP contribution in [0.3, 0.4) is 0 Å². The summed E-state index contributed by atoms with van der Waals surface area (Å²) in [5, 5.41) is 18.7. The van der Waals surface area contributed by atoms with Crippen LogP contribution in [0.25, 0.3) is 0 Å². The van der Waals surface area contributed by atoms with E-state index in [9.17, 15) is 5.26 Å². The molecule has 7 heteroatoms. The van der Waals surface area contributed by atoms with Gasteiger partial charge in [-0.1, -0.05) is 23.7 Å². The van der Waals surface area contributed by atoms with Gasteiger partial charge in [0.2, 0.25) is 5.95 Å². The zero-order valence-corrected chi connectivity index (χ0v) is 18.9. The standard InChI is InChI=1S/C23H26ClN5O/c1-14-10-20(24)11-15(2)21(14)30-17(4)22-26-27-23(29(22)6)28(5)16(3)19-9-7-8-18(12-19)13-25/h7-12,16-17H,1-6H3. The lowest BCUT2D eigenvalue weighted by molar-refractivity contribution is 0.209. The molecule has 0 fully saturated rings. The van der Waals surface area contributed by atoms with Gasteiger partial charge in [0, 0.05) is 19.1 Å². The molecule has 0 aliphatic carbocycles. The van der Waals surface area contributed by atoms with E-state index in [2.05, 4.69) is 23.2 Å². The molecule has 1 heterocycles. The summed E-state index contributed by atoms with van der Waals surface area (Å²) in [4.78, 5) is 2.04. The van der Waals surface area contributed by atoms with Crippen molar-refractivity contribution in [2.24, 2.45) is 7.05 Å². The maximum atomic E-state index is 9.17. The SMILES string of the molecule is Cc1cc(Cl)cc(C)c1OC(C)c1nnc(N(C)C(C)c2cccc(C#N)c2)n1C. The molecule has 0 N–H and O–H groups in total. The van der Waals surface area contributed by atoms with Crippen LogP contribution in [-0.2, 0) is 7.05 Å². The van der Waals surface area contributed by atoms with Gasteiger partial charge in [-0.05, 0) is 68.7 Å². The third-order valence-corrected chi connectivity index (χ3v) is 5.58. The van der Waals surface area contributed by atoms with Crippen molar-refractivity contribution in [1.29, 1.82) is 5.26 Å². The number of nitriles is 1. The van der Waals surface area contributed by atoms with Gasteiger partial charge < -0.3 is 9.64 Å². The monoisotopic (exact) mass is 423 g/mol. The molecule has 0 bridgehead atoms. The largest absolute Gasteiger partial charge is 0.482 e. The highest BCUT2D eigenvalue weighted by Crippen LogP contribution is 2.32. The van der Waals surface area contributed by atoms with Gasteiger partial charge in [0.25, 0.3) is 0 Å². The van der Waals surface area contributed by atoms with Crippen LogP contribution in [0.15, 0.2) is 36.4 Å². The number of ether oxygens (including phenoxy) is 1. The van der Waals surface area contributed by atoms with Gasteiger partial charge in [-0.25, -0.2) is 0 Å². The molecule has 30 heavy (non-hydrogen) atoms. The number of nitrogens with zero attached hydrogens (tertiary/aromatic N) is 5. The Bertz CT molecular complexity index is 1080. The van der Waals surface area contributed by atoms with Crippen LogP contribution in [0.1, 0.15) is 54.1 Å². The van der Waals surface area contributed by atoms with Crippen LogP contribution in [-0.4, -0.2) is 21.8 Å². The second-order valence-corrected chi connectivity index (χ2v) is 8.01. The van der Waals surface area contributed by atoms with E-state index in [0.717, 1.165) is 34.2 Å². The lowest BCUT2D eigenvalue weighted by atomic mass is 10.1. The predicted octanol–water partition coefficient (Wildman–Crippen LogP) is 5.29. The number of halogens is 1. The zero-order chi connectivity index (χ0) is 22.0. The van der Waals surface area contributed by atoms with Gasteiger partial charge in [0.05, 0.1) is 17.7 Å². The molecule has 1 aromatic heterocycles. The number of hydrogen-bond donors (Lipinski definition) is 0. The Kier molecular flexibility index (Phi) is 6.33. The van der Waals surface area contributed by atoms with Gasteiger partial charge >= 0.3 is 0 Å². The number of benzene rings is 2. The van der Waals surface area contributed by atoms with E-state index in [4.69, 9.17) is 16.3 Å². The van der Waals surface area contributed by atoms with Crippen molar-refractivity contribution in [3.63, 3.8) is 0 Å². The number of rotatable bonds is 6. The Morgan fingerprint density at radius 1 is 1.13 bits per heavy atom. The third kappa shape index (κ3) is 4.27. The van der Waals surface area contributed by atoms with Crippen molar-refractivity contribution >= 4 is 17.5 Å². The van der Waals surface area contributed by atoms with E-state index in [1.807, 2.05) is 74.7 Å². The smallest absolute Gasteiger partial charge is 0.227 e. The predicted molar refractivity (Wildman–Crippen MR) is 119 cm³/mol. The van der Waals surface area contributed by atoms with Crippen LogP contribution in [0.2, 0.25) is 5.02 Å². The van der Waals surface area contributed by atoms with Crippen molar-refractivity contribution in [2.75, 3.05) is 11.9 Å². The van der Waals surface area contributed by atoms with E-state index < -0.39 is 0 Å². The van der Waals surface area contributed by atoms with E-state index in [1.165, 1.54) is 0 Å². The first-order chi connectivity index (χ1) is 14.2. The first kappa shape index (κ1) is 21.7. The van der Waals surface area contributed by atoms with E-state index in [0.29, 0.717) is 10.6 Å². The molecule has 0 saturated carbocycles. The number of aromatic nitrogens is 3. The minimum atomic E-state index is -0.291. The molecular weight excluding hydrogens is 398 g/mol. The number of anilines is 1. The molecule has 2 atom stereocenters. The molecule has 3 rings (SSSR count). The summed E-state index contributed by atoms with van der Waals surface area (Å²) >= 11 is 6.13. The Hall–Kier alpha value is -3.04. The maximum Gasteiger partial charge on any atom is 0.227 e. The molecule has 6 nitrogen and oxygen atoms in total. The lowest BCUT2D eigenvalue weighted by Crippen LogP contribution is -2.25. The highest BCUT2D eigenvalue weighted by Gasteiger charge is 2.23. The minimum absolute atomic E-state index is 0.0195. The Balaban J connectivity index is 1.84. The van der Waals surface area contributed by atoms with Gasteiger partial charge in [0.15, 0.2) is 11.9 Å². The third-order valence-electron chi connectivity index (χ3n) is 5.36. The summed E-state index contributed by atoms with van der Waals surface area (Å²) in [6.07, 6.45) is -0.291. The summed E-state index contributed by atoms with van der Waals surface area (Å²) < 4.78 is 8.17. The molecule has 0 saturated heterocycles. The van der Waals surface area contributed by atoms with Crippen molar-refractivity contribution in [1.82, 2.24) is 14.8 Å². The average Bonchev–Trinajstić information content (AvgIpc) is 3.10. The van der Waals surface area contributed by atoms with Gasteiger partial charge in [0.1, 0.15) is 5.75 Å². The summed E-state index contributed by atoms with van der Waals surface area (Å²) in [5.74, 6) is 2.26. The molecule has 0 spiro atoms. The quantitative estimate of drug-likeness (QED) is 0.538. The summed E-state index contributed by atoms with van der Waals surface area (Å²) in [7, 11) is 3.90. The second kappa shape index (κ2) is 8.76. The molecule has 0 aliphatic rings. The van der Waals surface area contributed by atoms with E-state index >= 15 is 0 Å². The molecule has 156 valence electrons. The molecule has 2 unspecified atom stereocenters. The Morgan fingerprint density at radius 2 is 1.80 bits per heavy atom. The fourth-order valence-corrected chi connectivity index (χ4v) is 3.90. The lowest BCUT2D eigenvalue weighted by Gasteiger charge is -2.26. The number of hydrogen-bond acceptors (Lipinski definition) is 5. The van der Waals surface area contributed by atoms with Crippen molar-refractivity contribution < 1.29 is 4.74 Å². The van der Waals surface area contributed by atoms with Crippen LogP contribution in [0.4, 0.5) is 5.95 Å². The van der Waals surface area contributed by atoms with Crippen molar-refractivity contribution in [2.45, 2.75) is 39.8 Å². The molecule has 0 aliphatic heterocycles. The van der Waals surface area contributed by atoms with Crippen LogP contribution >= 0.6 is 11.6 Å². The second-order valence-electron chi connectivity index (χ2n) is 7.57. The van der Waals surface area contributed by atoms with Crippen LogP contribution in [0, 0.1) is 25.2 Å². The van der Waals surface area contributed by atoms with Gasteiger partial charge in [-0.2, -0.15) is 5.26 Å². The fourth-order valence-electron chi connectivity index (χ4n) is 3.57. The first-order valence-corrected chi connectivity index (χ1v) is 10.2. The summed E-state index contributed by atoms with van der Waals surface area (Å²) in [6.45, 7) is 7.99. The fraction of sp³-hybridized carbons (Fsp3) is 0.348. The van der Waals surface area contributed by atoms with Crippen molar-refractivity contribution in [3.8, 4) is 11.8 Å². The van der Waals surface area contributed by atoms with E-state index in [-0.39, 0.29) is 12.1 Å². The Labute approximate surface area is 182 Å². The topological polar surface area (TPSA) is 67.0 Å². The molecule has 2 aromatic carbocycles. The highest BCUT2D eigenvalue weighted by atomic mass is 35.5. The molecule has 0 amide bonds. The first-order valence-electron chi connectivity index (χ1n) is 9.78. The van der Waals surface area contributed by atoms with Crippen LogP contribution < -0.4 is 9.64 Å². The molecule has 3 aromatic rings. The summed E-state index contributed by atoms with van der Waals surface area (Å²) in [6, 6.07) is 13.6. The number of aryl methyl sites for hydroxylation is 2. The van der Waals surface area contributed by atoms with Crippen molar-refractivity contribution in [3.05, 3.63) is 69.5 Å². The van der Waals surface area contributed by atoms with Gasteiger partial charge in [-0.15, -0.1) is 10.2 Å². The van der Waals surface area contributed by atoms with Crippen LogP contribution in [0.5, 0.6) is 5.75 Å². The van der Waals surface area contributed by atoms with E-state index in [1.54, 1.807) is 6.07 Å².